The van der Waals surface area contributed by atoms with E-state index in [1.54, 1.807) is 18.2 Å². The van der Waals surface area contributed by atoms with Crippen molar-refractivity contribution >= 4 is 23.4 Å². The molecule has 1 aromatic rings. The number of carbonyl (C=O) groups excluding carboxylic acids is 3. The highest BCUT2D eigenvalue weighted by Crippen LogP contribution is 2.29. The molecule has 110 valence electrons. The highest BCUT2D eigenvalue weighted by Gasteiger charge is 2.37. The van der Waals surface area contributed by atoms with Gasteiger partial charge < -0.3 is 15.4 Å². The first-order chi connectivity index (χ1) is 10.1. The first-order valence-electron chi connectivity index (χ1n) is 6.74. The second-order valence-corrected chi connectivity index (χ2v) is 5.03. The van der Waals surface area contributed by atoms with Crippen LogP contribution in [0, 0.1) is 0 Å². The maximum atomic E-state index is 12.7. The lowest BCUT2D eigenvalue weighted by atomic mass is 10.0. The first kappa shape index (κ1) is 13.4. The maximum Gasteiger partial charge on any atom is 0.260 e. The number of nitrogens with one attached hydrogen (secondary N) is 1. The number of rotatable bonds is 1. The summed E-state index contributed by atoms with van der Waals surface area (Å²) in [7, 11) is 0. The predicted molar refractivity (Wildman–Crippen MR) is 73.6 cm³/mol. The smallest absolute Gasteiger partial charge is 0.260 e. The van der Waals surface area contributed by atoms with E-state index in [1.807, 2.05) is 0 Å². The topological polar surface area (TPSA) is 102 Å². The first-order valence-corrected chi connectivity index (χ1v) is 6.74. The molecule has 3 rings (SSSR count). The van der Waals surface area contributed by atoms with Gasteiger partial charge in [-0.2, -0.15) is 0 Å². The summed E-state index contributed by atoms with van der Waals surface area (Å²) in [5.41, 5.74) is 6.46. The second-order valence-electron chi connectivity index (χ2n) is 5.03. The highest BCUT2D eigenvalue weighted by atomic mass is 16.5. The SMILES string of the molecule is Nc1cccc2c1C(=O)N(C1CCC(=O)NC1=O)CCO2. The van der Waals surface area contributed by atoms with Gasteiger partial charge in [-0.05, 0) is 18.6 Å². The Morgan fingerprint density at radius 2 is 2.10 bits per heavy atom. The van der Waals surface area contributed by atoms with Gasteiger partial charge in [-0.1, -0.05) is 6.07 Å². The van der Waals surface area contributed by atoms with Crippen LogP contribution < -0.4 is 15.8 Å². The summed E-state index contributed by atoms with van der Waals surface area (Å²) in [5.74, 6) is -0.669. The fourth-order valence-electron chi connectivity index (χ4n) is 2.67. The van der Waals surface area contributed by atoms with Crippen LogP contribution in [0.1, 0.15) is 23.2 Å². The Labute approximate surface area is 121 Å². The van der Waals surface area contributed by atoms with Crippen molar-refractivity contribution in [3.05, 3.63) is 23.8 Å². The monoisotopic (exact) mass is 289 g/mol. The van der Waals surface area contributed by atoms with Crippen molar-refractivity contribution < 1.29 is 19.1 Å². The number of imide groups is 1. The lowest BCUT2D eigenvalue weighted by Crippen LogP contribution is -2.54. The molecular weight excluding hydrogens is 274 g/mol. The van der Waals surface area contributed by atoms with Gasteiger partial charge in [0.1, 0.15) is 24.0 Å². The van der Waals surface area contributed by atoms with Crippen molar-refractivity contribution in [2.24, 2.45) is 0 Å². The number of carbonyl (C=O) groups is 3. The lowest BCUT2D eigenvalue weighted by molar-refractivity contribution is -0.136. The largest absolute Gasteiger partial charge is 0.491 e. The van der Waals surface area contributed by atoms with Crippen LogP contribution in [0.3, 0.4) is 0 Å². The molecule has 0 aromatic heterocycles. The summed E-state index contributed by atoms with van der Waals surface area (Å²) in [6.07, 6.45) is 0.538. The Morgan fingerprint density at radius 1 is 1.29 bits per heavy atom. The minimum Gasteiger partial charge on any atom is -0.491 e. The molecule has 3 amide bonds. The normalized spacial score (nSPS) is 22.2. The van der Waals surface area contributed by atoms with Gasteiger partial charge in [0.05, 0.1) is 6.54 Å². The van der Waals surface area contributed by atoms with Gasteiger partial charge in [-0.25, -0.2) is 0 Å². The third kappa shape index (κ3) is 2.31. The van der Waals surface area contributed by atoms with Crippen LogP contribution >= 0.6 is 0 Å². The number of nitrogens with zero attached hydrogens (tertiary/aromatic N) is 1. The Kier molecular flexibility index (Phi) is 3.25. The van der Waals surface area contributed by atoms with Crippen molar-refractivity contribution in [3.8, 4) is 5.75 Å². The molecule has 21 heavy (non-hydrogen) atoms. The van der Waals surface area contributed by atoms with Crippen LogP contribution in [0.25, 0.3) is 0 Å². The third-order valence-electron chi connectivity index (χ3n) is 3.71. The Bertz CT molecular complexity index is 629. The van der Waals surface area contributed by atoms with E-state index < -0.39 is 11.9 Å². The fraction of sp³-hybridized carbons (Fsp3) is 0.357. The number of benzene rings is 1. The van der Waals surface area contributed by atoms with Crippen LogP contribution in [0.4, 0.5) is 5.69 Å². The zero-order valence-corrected chi connectivity index (χ0v) is 11.3. The standard InChI is InChI=1S/C14H15N3O4/c15-8-2-1-3-10-12(8)14(20)17(6-7-21-10)9-4-5-11(18)16-13(9)19/h1-3,9H,4-7,15H2,(H,16,18,19). The Hall–Kier alpha value is -2.57. The molecule has 7 nitrogen and oxygen atoms in total. The molecule has 1 atom stereocenters. The van der Waals surface area contributed by atoms with Gasteiger partial charge in [0.2, 0.25) is 11.8 Å². The summed E-state index contributed by atoms with van der Waals surface area (Å²) >= 11 is 0. The number of hydrogen-bond acceptors (Lipinski definition) is 5. The third-order valence-corrected chi connectivity index (χ3v) is 3.71. The quantitative estimate of drug-likeness (QED) is 0.555. The molecule has 1 aromatic carbocycles. The summed E-state index contributed by atoms with van der Waals surface area (Å²) < 4.78 is 5.54. The predicted octanol–water partition coefficient (Wildman–Crippen LogP) is -0.0914. The molecule has 0 spiro atoms. The maximum absolute atomic E-state index is 12.7. The van der Waals surface area contributed by atoms with Gasteiger partial charge in [0, 0.05) is 12.1 Å². The minimum absolute atomic E-state index is 0.220. The highest BCUT2D eigenvalue weighted by molar-refractivity contribution is 6.06. The average molecular weight is 289 g/mol. The minimum atomic E-state index is -0.663. The Balaban J connectivity index is 1.94. The van der Waals surface area contributed by atoms with Crippen molar-refractivity contribution in [3.63, 3.8) is 0 Å². The molecule has 1 fully saturated rings. The molecule has 0 bridgehead atoms. The lowest BCUT2D eigenvalue weighted by Gasteiger charge is -2.31. The number of ether oxygens (including phenoxy) is 1. The molecule has 0 aliphatic carbocycles. The molecule has 1 unspecified atom stereocenters. The molecule has 2 aliphatic heterocycles. The van der Waals surface area contributed by atoms with Crippen LogP contribution in [-0.2, 0) is 9.59 Å². The van der Waals surface area contributed by atoms with Crippen molar-refractivity contribution in [1.29, 1.82) is 0 Å². The van der Waals surface area contributed by atoms with Crippen LogP contribution in [-0.4, -0.2) is 41.8 Å². The van der Waals surface area contributed by atoms with E-state index in [9.17, 15) is 14.4 Å². The summed E-state index contributed by atoms with van der Waals surface area (Å²) in [6.45, 7) is 0.555. The average Bonchev–Trinajstić information content (AvgIpc) is 2.60. The molecule has 0 radical (unpaired) electrons. The van der Waals surface area contributed by atoms with Crippen molar-refractivity contribution in [2.45, 2.75) is 18.9 Å². The number of piperidine rings is 1. The van der Waals surface area contributed by atoms with E-state index in [4.69, 9.17) is 10.5 Å². The van der Waals surface area contributed by atoms with E-state index >= 15 is 0 Å². The summed E-state index contributed by atoms with van der Waals surface area (Å²) in [4.78, 5) is 37.3. The molecule has 1 saturated heterocycles. The van der Waals surface area contributed by atoms with Crippen LogP contribution in [0.2, 0.25) is 0 Å². The molecule has 0 saturated carbocycles. The van der Waals surface area contributed by atoms with Gasteiger partial charge in [-0.3, -0.25) is 19.7 Å². The summed E-state index contributed by atoms with van der Waals surface area (Å²) in [6, 6.07) is 4.35. The van der Waals surface area contributed by atoms with Crippen LogP contribution in [0.15, 0.2) is 18.2 Å². The molecule has 2 aliphatic rings. The van der Waals surface area contributed by atoms with E-state index in [0.717, 1.165) is 0 Å². The number of anilines is 1. The van der Waals surface area contributed by atoms with Gasteiger partial charge in [0.25, 0.3) is 5.91 Å². The molecule has 3 N–H and O–H groups in total. The van der Waals surface area contributed by atoms with E-state index in [-0.39, 0.29) is 37.0 Å². The second kappa shape index (κ2) is 5.08. The molecule has 2 heterocycles. The molecule has 7 heteroatoms. The van der Waals surface area contributed by atoms with E-state index in [0.29, 0.717) is 17.9 Å². The van der Waals surface area contributed by atoms with E-state index in [1.165, 1.54) is 4.90 Å². The zero-order valence-electron chi connectivity index (χ0n) is 11.3. The Morgan fingerprint density at radius 3 is 2.86 bits per heavy atom. The number of fused-ring (bicyclic) bond motifs is 1. The zero-order chi connectivity index (χ0) is 15.0. The number of hydrogen-bond donors (Lipinski definition) is 2. The number of amides is 3. The fourth-order valence-corrected chi connectivity index (χ4v) is 2.67. The van der Waals surface area contributed by atoms with Crippen molar-refractivity contribution in [1.82, 2.24) is 10.2 Å². The molecular formula is C14H15N3O4. The van der Waals surface area contributed by atoms with Crippen molar-refractivity contribution in [2.75, 3.05) is 18.9 Å². The van der Waals surface area contributed by atoms with Gasteiger partial charge in [-0.15, -0.1) is 0 Å². The van der Waals surface area contributed by atoms with Gasteiger partial charge in [0.15, 0.2) is 0 Å². The van der Waals surface area contributed by atoms with E-state index in [2.05, 4.69) is 5.32 Å². The number of nitrogen functional groups attached to an aromatic ring is 1. The van der Waals surface area contributed by atoms with Gasteiger partial charge >= 0.3 is 0 Å². The summed E-state index contributed by atoms with van der Waals surface area (Å²) in [5, 5.41) is 2.26. The number of nitrogens with two attached hydrogens (primary N) is 1. The van der Waals surface area contributed by atoms with Crippen LogP contribution in [0.5, 0.6) is 5.75 Å².